The SMILES string of the molecule is CC/C=C/C/C=C/C/C=C/C/C=C/C/C=C/C/C=C/CCCC(=O)OC(COCCC(C(=O)[O-])[N+](C)(C)C)COC(=O)CCCCCCC/C=C/C=C/C=C/C=C/C=C/CCC. The lowest BCUT2D eigenvalue weighted by atomic mass is 10.1. The zero-order chi connectivity index (χ0) is 45.6. The van der Waals surface area contributed by atoms with Gasteiger partial charge in [-0.15, -0.1) is 0 Å². The normalized spacial score (nSPS) is 14.1. The summed E-state index contributed by atoms with van der Waals surface area (Å²) >= 11 is 0. The lowest BCUT2D eigenvalue weighted by molar-refractivity contribution is -0.889. The predicted octanol–water partition coefficient (Wildman–Crippen LogP) is 11.9. The van der Waals surface area contributed by atoms with Crippen LogP contribution in [-0.4, -0.2) is 75.5 Å². The maximum absolute atomic E-state index is 12.7. The Balaban J connectivity index is 4.52. The fraction of sp³-hybridized carbons (Fsp3) is 0.537. The molecule has 0 amide bonds. The zero-order valence-corrected chi connectivity index (χ0v) is 39.2. The van der Waals surface area contributed by atoms with Crippen LogP contribution in [0.25, 0.3) is 0 Å². The summed E-state index contributed by atoms with van der Waals surface area (Å²) < 4.78 is 17.1. The number of ether oxygens (including phenoxy) is 3. The van der Waals surface area contributed by atoms with Crippen LogP contribution in [-0.2, 0) is 28.6 Å². The summed E-state index contributed by atoms with van der Waals surface area (Å²) in [7, 11) is 5.36. The number of carbonyl (C=O) groups is 3. The predicted molar refractivity (Wildman–Crippen MR) is 258 cm³/mol. The van der Waals surface area contributed by atoms with Crippen LogP contribution in [0, 0.1) is 0 Å². The summed E-state index contributed by atoms with van der Waals surface area (Å²) in [5.74, 6) is -1.87. The van der Waals surface area contributed by atoms with Crippen LogP contribution in [0.5, 0.6) is 0 Å². The summed E-state index contributed by atoms with van der Waals surface area (Å²) in [5, 5.41) is 11.6. The first-order valence-electron chi connectivity index (χ1n) is 23.3. The zero-order valence-electron chi connectivity index (χ0n) is 39.2. The van der Waals surface area contributed by atoms with E-state index in [1.807, 2.05) is 36.5 Å². The lowest BCUT2D eigenvalue weighted by Crippen LogP contribution is -2.55. The number of allylic oxidation sites excluding steroid dienone is 22. The van der Waals surface area contributed by atoms with Crippen LogP contribution < -0.4 is 5.11 Å². The first-order valence-corrected chi connectivity index (χ1v) is 23.3. The van der Waals surface area contributed by atoms with Gasteiger partial charge < -0.3 is 28.6 Å². The molecule has 0 rings (SSSR count). The van der Waals surface area contributed by atoms with Gasteiger partial charge >= 0.3 is 11.9 Å². The number of unbranched alkanes of at least 4 members (excludes halogenated alkanes) is 7. The van der Waals surface area contributed by atoms with E-state index in [0.29, 0.717) is 12.8 Å². The van der Waals surface area contributed by atoms with Crippen LogP contribution in [0.2, 0.25) is 0 Å². The van der Waals surface area contributed by atoms with E-state index in [1.54, 1.807) is 21.1 Å². The maximum atomic E-state index is 12.7. The molecule has 8 heteroatoms. The van der Waals surface area contributed by atoms with Crippen molar-refractivity contribution in [1.29, 1.82) is 0 Å². The number of carboxylic acids is 1. The summed E-state index contributed by atoms with van der Waals surface area (Å²) in [5.41, 5.74) is 0. The fourth-order valence-electron chi connectivity index (χ4n) is 5.82. The molecule has 0 bridgehead atoms. The standard InChI is InChI=1S/C54H83NO7/c1-6-8-10-12-14-16-18-20-22-24-26-27-29-31-33-35-37-39-41-43-45-53(57)62-50(48-60-47-46-51(54(58)59)55(3,4)5)49-61-52(56)44-42-40-38-36-34-32-30-28-25-23-21-19-17-15-13-11-9-7-2/h8,10-11,13-17,19-23,25-28,30-31,33,37,39,50-51H,6-7,9,12,18,24,29,32,34-36,38,40-49H2,1-5H3/b10-8+,13-11+,16-14+,17-15+,21-19+,22-20+,25-23+,27-26+,30-28+,33-31+,39-37+. The molecule has 0 N–H and O–H groups in total. The van der Waals surface area contributed by atoms with Crippen LogP contribution in [0.3, 0.4) is 0 Å². The second-order valence-electron chi connectivity index (χ2n) is 16.0. The highest BCUT2D eigenvalue weighted by atomic mass is 16.6. The van der Waals surface area contributed by atoms with Gasteiger partial charge in [-0.05, 0) is 77.0 Å². The quantitative estimate of drug-likeness (QED) is 0.0199. The van der Waals surface area contributed by atoms with E-state index < -0.39 is 18.1 Å². The number of carboxylic acid groups (broad SMARTS) is 1. The van der Waals surface area contributed by atoms with Gasteiger partial charge in [0.15, 0.2) is 6.10 Å². The molecule has 0 saturated heterocycles. The Morgan fingerprint density at radius 1 is 0.516 bits per heavy atom. The van der Waals surface area contributed by atoms with Gasteiger partial charge in [0.1, 0.15) is 12.6 Å². The third-order valence-electron chi connectivity index (χ3n) is 9.38. The Kier molecular flexibility index (Phi) is 40.0. The summed E-state index contributed by atoms with van der Waals surface area (Å²) in [4.78, 5) is 36.9. The van der Waals surface area contributed by atoms with Crippen LogP contribution >= 0.6 is 0 Å². The third kappa shape index (κ3) is 40.9. The molecule has 0 spiro atoms. The van der Waals surface area contributed by atoms with Crippen molar-refractivity contribution in [2.75, 3.05) is 41.0 Å². The van der Waals surface area contributed by atoms with Crippen molar-refractivity contribution in [3.63, 3.8) is 0 Å². The number of nitrogens with zero attached hydrogens (tertiary/aromatic N) is 1. The van der Waals surface area contributed by atoms with Crippen molar-refractivity contribution in [3.8, 4) is 0 Å². The van der Waals surface area contributed by atoms with E-state index in [-0.39, 0.29) is 49.1 Å². The topological polar surface area (TPSA) is 102 Å². The molecular formula is C54H83NO7. The van der Waals surface area contributed by atoms with E-state index in [9.17, 15) is 19.5 Å². The Bertz CT molecular complexity index is 1470. The molecule has 62 heavy (non-hydrogen) atoms. The Hall–Kier alpha value is -4.53. The highest BCUT2D eigenvalue weighted by molar-refractivity contribution is 5.70. The van der Waals surface area contributed by atoms with Gasteiger partial charge in [-0.3, -0.25) is 9.59 Å². The minimum Gasteiger partial charge on any atom is -0.544 e. The number of likely N-dealkylation sites (N-methyl/N-ethyl adjacent to an activating group) is 1. The molecular weight excluding hydrogens is 775 g/mol. The molecule has 0 aliphatic rings. The largest absolute Gasteiger partial charge is 0.544 e. The monoisotopic (exact) mass is 858 g/mol. The van der Waals surface area contributed by atoms with E-state index in [1.165, 1.54) is 6.42 Å². The Morgan fingerprint density at radius 2 is 0.984 bits per heavy atom. The Morgan fingerprint density at radius 3 is 1.52 bits per heavy atom. The average Bonchev–Trinajstić information content (AvgIpc) is 3.23. The summed E-state index contributed by atoms with van der Waals surface area (Å²) in [6.45, 7) is 4.34. The Labute approximate surface area is 377 Å². The van der Waals surface area contributed by atoms with Crippen LogP contribution in [0.4, 0.5) is 0 Å². The van der Waals surface area contributed by atoms with Crippen molar-refractivity contribution in [3.05, 3.63) is 134 Å². The van der Waals surface area contributed by atoms with E-state index in [4.69, 9.17) is 14.2 Å². The van der Waals surface area contributed by atoms with Gasteiger partial charge in [-0.1, -0.05) is 173 Å². The molecule has 0 aromatic carbocycles. The number of quaternary nitrogens is 1. The third-order valence-corrected chi connectivity index (χ3v) is 9.38. The second-order valence-corrected chi connectivity index (χ2v) is 16.0. The molecule has 2 unspecified atom stereocenters. The number of aliphatic carboxylic acids is 1. The average molecular weight is 858 g/mol. The van der Waals surface area contributed by atoms with Gasteiger partial charge in [0.05, 0.1) is 40.3 Å². The number of esters is 2. The fourth-order valence-corrected chi connectivity index (χ4v) is 5.82. The molecule has 346 valence electrons. The van der Waals surface area contributed by atoms with Crippen molar-refractivity contribution in [1.82, 2.24) is 0 Å². The number of hydrogen-bond donors (Lipinski definition) is 0. The molecule has 0 heterocycles. The molecule has 0 aromatic rings. The highest BCUT2D eigenvalue weighted by Crippen LogP contribution is 2.11. The first-order chi connectivity index (χ1) is 30.1. The lowest BCUT2D eigenvalue weighted by Gasteiger charge is -2.34. The summed E-state index contributed by atoms with van der Waals surface area (Å²) in [6.07, 6.45) is 61.9. The minimum absolute atomic E-state index is 0.00161. The smallest absolute Gasteiger partial charge is 0.306 e. The van der Waals surface area contributed by atoms with Crippen molar-refractivity contribution >= 4 is 17.9 Å². The minimum atomic E-state index is -1.15. The van der Waals surface area contributed by atoms with Gasteiger partial charge in [-0.25, -0.2) is 0 Å². The summed E-state index contributed by atoms with van der Waals surface area (Å²) in [6, 6.07) is -0.750. The maximum Gasteiger partial charge on any atom is 0.306 e. The van der Waals surface area contributed by atoms with Gasteiger partial charge in [0.25, 0.3) is 0 Å². The van der Waals surface area contributed by atoms with Crippen LogP contribution in [0.15, 0.2) is 134 Å². The van der Waals surface area contributed by atoms with Crippen molar-refractivity contribution in [2.45, 2.75) is 148 Å². The molecule has 0 aliphatic carbocycles. The van der Waals surface area contributed by atoms with Crippen molar-refractivity contribution < 1.29 is 38.2 Å². The number of carbonyl (C=O) groups excluding carboxylic acids is 3. The molecule has 0 aliphatic heterocycles. The van der Waals surface area contributed by atoms with Crippen molar-refractivity contribution in [2.24, 2.45) is 0 Å². The van der Waals surface area contributed by atoms with E-state index in [2.05, 4.69) is 111 Å². The molecule has 8 nitrogen and oxygen atoms in total. The molecule has 0 fully saturated rings. The van der Waals surface area contributed by atoms with E-state index in [0.717, 1.165) is 89.9 Å². The highest BCUT2D eigenvalue weighted by Gasteiger charge is 2.25. The van der Waals surface area contributed by atoms with Gasteiger partial charge in [0.2, 0.25) is 0 Å². The second kappa shape index (κ2) is 43.1. The molecule has 2 atom stereocenters. The number of rotatable bonds is 39. The van der Waals surface area contributed by atoms with Gasteiger partial charge in [0, 0.05) is 19.3 Å². The molecule has 0 aromatic heterocycles. The number of hydrogen-bond acceptors (Lipinski definition) is 7. The van der Waals surface area contributed by atoms with Gasteiger partial charge in [-0.2, -0.15) is 0 Å². The molecule has 0 radical (unpaired) electrons. The van der Waals surface area contributed by atoms with E-state index >= 15 is 0 Å². The van der Waals surface area contributed by atoms with Crippen LogP contribution in [0.1, 0.15) is 136 Å². The first kappa shape index (κ1) is 57.5. The molecule has 0 saturated carbocycles.